The zero-order chi connectivity index (χ0) is 19.1. The van der Waals surface area contributed by atoms with Gasteiger partial charge >= 0.3 is 0 Å². The van der Waals surface area contributed by atoms with E-state index in [1.165, 1.54) is 18.2 Å². The number of hydrogen-bond acceptors (Lipinski definition) is 6. The largest absolute Gasteiger partial charge is 0.550 e. The normalized spacial score (nSPS) is 11.3. The summed E-state index contributed by atoms with van der Waals surface area (Å²) in [6, 6.07) is 11.6. The minimum Gasteiger partial charge on any atom is -0.550 e. The van der Waals surface area contributed by atoms with Crippen LogP contribution in [-0.4, -0.2) is 20.6 Å². The second-order valence-electron chi connectivity index (χ2n) is 6.26. The molecule has 2 aromatic carbocycles. The fourth-order valence-electron chi connectivity index (χ4n) is 3.22. The molecule has 0 amide bonds. The Morgan fingerprint density at radius 3 is 2.78 bits per heavy atom. The lowest BCUT2D eigenvalue weighted by Crippen LogP contribution is -2.23. The Morgan fingerprint density at radius 1 is 1.26 bits per heavy atom. The van der Waals surface area contributed by atoms with Crippen molar-refractivity contribution in [3.8, 4) is 17.1 Å². The number of para-hydroxylation sites is 2. The number of rotatable bonds is 4. The van der Waals surface area contributed by atoms with Gasteiger partial charge in [-0.15, -0.1) is 0 Å². The van der Waals surface area contributed by atoms with Crippen molar-refractivity contribution in [2.45, 2.75) is 12.8 Å². The minimum atomic E-state index is -1.25. The number of aromatic nitrogens is 2. The van der Waals surface area contributed by atoms with E-state index in [0.29, 0.717) is 11.3 Å². The summed E-state index contributed by atoms with van der Waals surface area (Å²) in [5.41, 5.74) is 1.63. The quantitative estimate of drug-likeness (QED) is 0.591. The van der Waals surface area contributed by atoms with E-state index in [9.17, 15) is 19.8 Å². The number of carboxylic acid groups (broad SMARTS) is 1. The number of phenolic OH excluding ortho intramolecular Hbond substituents is 1. The molecule has 7 nitrogen and oxygen atoms in total. The van der Waals surface area contributed by atoms with Crippen LogP contribution in [0, 0.1) is 0 Å². The van der Waals surface area contributed by atoms with Gasteiger partial charge in [0.05, 0.1) is 16.4 Å². The molecular formula is C20H15N2O5-. The van der Waals surface area contributed by atoms with E-state index in [2.05, 4.69) is 4.98 Å². The third-order valence-electron chi connectivity index (χ3n) is 4.52. The Morgan fingerprint density at radius 2 is 2.04 bits per heavy atom. The molecule has 4 aromatic rings. The summed E-state index contributed by atoms with van der Waals surface area (Å²) in [4.78, 5) is 28.7. The van der Waals surface area contributed by atoms with Crippen LogP contribution in [0.4, 0.5) is 0 Å². The highest BCUT2D eigenvalue weighted by molar-refractivity contribution is 5.86. The maximum absolute atomic E-state index is 13.2. The van der Waals surface area contributed by atoms with Crippen LogP contribution in [-0.2, 0) is 18.3 Å². The molecule has 27 heavy (non-hydrogen) atoms. The SMILES string of the molecule is Cn1c(-c2c(CCC(=O)[O-])oc3cc(O)ccc3c2=O)nc2ccccc21. The second kappa shape index (κ2) is 6.28. The van der Waals surface area contributed by atoms with Crippen LogP contribution >= 0.6 is 0 Å². The van der Waals surface area contributed by atoms with Crippen LogP contribution in [0.5, 0.6) is 5.75 Å². The van der Waals surface area contributed by atoms with Gasteiger partial charge in [0, 0.05) is 25.5 Å². The lowest BCUT2D eigenvalue weighted by Gasteiger charge is -2.11. The van der Waals surface area contributed by atoms with Crippen LogP contribution in [0.3, 0.4) is 0 Å². The molecule has 0 atom stereocenters. The third kappa shape index (κ3) is 2.83. The van der Waals surface area contributed by atoms with Crippen molar-refractivity contribution in [2.75, 3.05) is 0 Å². The lowest BCUT2D eigenvalue weighted by molar-refractivity contribution is -0.305. The molecule has 0 spiro atoms. The minimum absolute atomic E-state index is 0.0261. The number of imidazole rings is 1. The lowest BCUT2D eigenvalue weighted by atomic mass is 10.1. The molecule has 136 valence electrons. The van der Waals surface area contributed by atoms with E-state index in [0.717, 1.165) is 5.52 Å². The fraction of sp³-hybridized carbons (Fsp3) is 0.150. The molecule has 0 bridgehead atoms. The van der Waals surface area contributed by atoms with E-state index in [4.69, 9.17) is 4.42 Å². The highest BCUT2D eigenvalue weighted by Crippen LogP contribution is 2.28. The molecule has 0 fully saturated rings. The van der Waals surface area contributed by atoms with Crippen molar-refractivity contribution in [1.82, 2.24) is 9.55 Å². The summed E-state index contributed by atoms with van der Waals surface area (Å²) in [6.07, 6.45) is -0.327. The number of nitrogens with zero attached hydrogens (tertiary/aromatic N) is 2. The number of aryl methyl sites for hydroxylation is 2. The van der Waals surface area contributed by atoms with Crippen LogP contribution in [0.1, 0.15) is 12.2 Å². The molecule has 2 heterocycles. The van der Waals surface area contributed by atoms with Crippen molar-refractivity contribution in [3.05, 3.63) is 58.4 Å². The Balaban J connectivity index is 2.04. The van der Waals surface area contributed by atoms with Crippen molar-refractivity contribution in [1.29, 1.82) is 0 Å². The molecule has 0 aliphatic heterocycles. The van der Waals surface area contributed by atoms with E-state index in [1.54, 1.807) is 11.6 Å². The zero-order valence-electron chi connectivity index (χ0n) is 14.4. The Bertz CT molecular complexity index is 1250. The molecular weight excluding hydrogens is 348 g/mol. The molecule has 4 rings (SSSR count). The van der Waals surface area contributed by atoms with Gasteiger partial charge in [-0.3, -0.25) is 4.79 Å². The molecule has 7 heteroatoms. The highest BCUT2D eigenvalue weighted by Gasteiger charge is 2.21. The van der Waals surface area contributed by atoms with Gasteiger partial charge in [0.1, 0.15) is 28.5 Å². The third-order valence-corrected chi connectivity index (χ3v) is 4.52. The van der Waals surface area contributed by atoms with Gasteiger partial charge in [-0.2, -0.15) is 0 Å². The summed E-state index contributed by atoms with van der Waals surface area (Å²) in [5.74, 6) is -0.703. The first-order valence-corrected chi connectivity index (χ1v) is 8.36. The van der Waals surface area contributed by atoms with Crippen molar-refractivity contribution < 1.29 is 19.4 Å². The molecule has 2 aromatic heterocycles. The number of benzene rings is 2. The van der Waals surface area contributed by atoms with Gasteiger partial charge in [0.2, 0.25) is 5.43 Å². The molecule has 0 saturated carbocycles. The van der Waals surface area contributed by atoms with E-state index < -0.39 is 5.97 Å². The van der Waals surface area contributed by atoms with Gasteiger partial charge < -0.3 is 24.0 Å². The van der Waals surface area contributed by atoms with E-state index in [-0.39, 0.29) is 46.3 Å². The Hall–Kier alpha value is -3.61. The number of aliphatic carboxylic acids is 1. The maximum atomic E-state index is 13.2. The Labute approximate surface area is 153 Å². The number of carbonyl (C=O) groups excluding carboxylic acids is 1. The average Bonchev–Trinajstić information content (AvgIpc) is 2.96. The molecule has 0 aliphatic carbocycles. The summed E-state index contributed by atoms with van der Waals surface area (Å²) >= 11 is 0. The summed E-state index contributed by atoms with van der Waals surface area (Å²) in [6.45, 7) is 0. The number of hydrogen-bond donors (Lipinski definition) is 1. The van der Waals surface area contributed by atoms with Crippen molar-refractivity contribution in [2.24, 2.45) is 7.05 Å². The van der Waals surface area contributed by atoms with Crippen LogP contribution in [0.2, 0.25) is 0 Å². The number of aromatic hydroxyl groups is 1. The predicted molar refractivity (Wildman–Crippen MR) is 97.2 cm³/mol. The molecule has 0 aliphatic rings. The van der Waals surface area contributed by atoms with Crippen LogP contribution in [0.25, 0.3) is 33.4 Å². The first-order chi connectivity index (χ1) is 13.0. The van der Waals surface area contributed by atoms with E-state index in [1.807, 2.05) is 24.3 Å². The number of phenols is 1. The average molecular weight is 363 g/mol. The summed E-state index contributed by atoms with van der Waals surface area (Å²) in [5, 5.41) is 20.9. The van der Waals surface area contributed by atoms with Gasteiger partial charge in [-0.05, 0) is 30.7 Å². The molecule has 1 N–H and O–H groups in total. The van der Waals surface area contributed by atoms with Gasteiger partial charge in [-0.1, -0.05) is 12.1 Å². The van der Waals surface area contributed by atoms with Gasteiger partial charge in [-0.25, -0.2) is 4.98 Å². The first-order valence-electron chi connectivity index (χ1n) is 8.36. The van der Waals surface area contributed by atoms with E-state index >= 15 is 0 Å². The number of fused-ring (bicyclic) bond motifs is 2. The fourth-order valence-corrected chi connectivity index (χ4v) is 3.22. The maximum Gasteiger partial charge on any atom is 0.203 e. The van der Waals surface area contributed by atoms with Gasteiger partial charge in [0.25, 0.3) is 0 Å². The standard InChI is InChI=1S/C20H16N2O5/c1-22-14-5-3-2-4-13(14)21-20(22)18-15(8-9-17(24)25)27-16-10-11(23)6-7-12(16)19(18)26/h2-7,10,23H,8-9H2,1H3,(H,24,25)/p-1. The zero-order valence-corrected chi connectivity index (χ0v) is 14.4. The molecule has 0 unspecified atom stereocenters. The Kier molecular flexibility index (Phi) is 3.92. The second-order valence-corrected chi connectivity index (χ2v) is 6.26. The summed E-state index contributed by atoms with van der Waals surface area (Å²) in [7, 11) is 1.79. The van der Waals surface area contributed by atoms with Crippen LogP contribution in [0.15, 0.2) is 51.7 Å². The molecule has 0 saturated heterocycles. The predicted octanol–water partition coefficient (Wildman–Crippen LogP) is 1.73. The number of carboxylic acids is 1. The van der Waals surface area contributed by atoms with Crippen LogP contribution < -0.4 is 10.5 Å². The summed E-state index contributed by atoms with van der Waals surface area (Å²) < 4.78 is 7.58. The highest BCUT2D eigenvalue weighted by atomic mass is 16.4. The van der Waals surface area contributed by atoms with Crippen molar-refractivity contribution >= 4 is 28.0 Å². The van der Waals surface area contributed by atoms with Gasteiger partial charge in [0.15, 0.2) is 0 Å². The first kappa shape index (κ1) is 16.8. The smallest absolute Gasteiger partial charge is 0.203 e. The molecule has 0 radical (unpaired) electrons. The monoisotopic (exact) mass is 363 g/mol. The van der Waals surface area contributed by atoms with Crippen molar-refractivity contribution in [3.63, 3.8) is 0 Å². The topological polar surface area (TPSA) is 108 Å². The number of carbonyl (C=O) groups is 1.